The van der Waals surface area contributed by atoms with Crippen molar-refractivity contribution in [1.82, 2.24) is 0 Å². The van der Waals surface area contributed by atoms with Gasteiger partial charge in [0.1, 0.15) is 11.6 Å². The number of carbonyl (C=O) groups excluding carboxylic acids is 1. The maximum atomic E-state index is 14.6. The molecular weight excluding hydrogens is 497 g/mol. The summed E-state index contributed by atoms with van der Waals surface area (Å²) >= 11 is 6.89. The normalized spacial score (nSPS) is 11.5. The Balaban J connectivity index is 1.68. The van der Waals surface area contributed by atoms with Gasteiger partial charge in [0.05, 0.1) is 27.5 Å². The maximum absolute atomic E-state index is 14.6. The smallest absolute Gasteiger partial charge is 0.265 e. The first-order chi connectivity index (χ1) is 15.5. The first-order valence-corrected chi connectivity index (χ1v) is 12.4. The Morgan fingerprint density at radius 3 is 2.39 bits per heavy atom. The molecule has 5 nitrogen and oxygen atoms in total. The van der Waals surface area contributed by atoms with E-state index in [1.54, 1.807) is 6.07 Å². The van der Waals surface area contributed by atoms with Crippen molar-refractivity contribution < 1.29 is 26.4 Å². The van der Waals surface area contributed by atoms with Crippen LogP contribution >= 0.6 is 22.9 Å². The van der Waals surface area contributed by atoms with Crippen LogP contribution in [-0.4, -0.2) is 20.6 Å². The average Bonchev–Trinajstić information content (AvgIpc) is 3.13. The number of benzene rings is 3. The molecule has 0 bridgehead atoms. The highest BCUT2D eigenvalue weighted by atomic mass is 35.5. The van der Waals surface area contributed by atoms with E-state index in [1.807, 2.05) is 0 Å². The van der Waals surface area contributed by atoms with Gasteiger partial charge in [-0.25, -0.2) is 21.6 Å². The molecule has 11 heteroatoms. The molecule has 0 atom stereocenters. The number of amides is 1. The van der Waals surface area contributed by atoms with Crippen LogP contribution in [0.5, 0.6) is 0 Å². The van der Waals surface area contributed by atoms with Crippen LogP contribution in [0.15, 0.2) is 54.6 Å². The second kappa shape index (κ2) is 8.69. The van der Waals surface area contributed by atoms with Crippen LogP contribution in [0.2, 0.25) is 5.02 Å². The fourth-order valence-electron chi connectivity index (χ4n) is 3.17. The fourth-order valence-corrected chi connectivity index (χ4v) is 4.91. The van der Waals surface area contributed by atoms with Gasteiger partial charge in [-0.1, -0.05) is 29.8 Å². The molecule has 4 aromatic rings. The second-order valence-corrected chi connectivity index (χ2v) is 10.3. The predicted molar refractivity (Wildman–Crippen MR) is 125 cm³/mol. The Bertz CT molecular complexity index is 1520. The molecule has 170 valence electrons. The summed E-state index contributed by atoms with van der Waals surface area (Å²) in [5.41, 5.74) is -0.0677. The highest BCUT2D eigenvalue weighted by molar-refractivity contribution is 7.92. The van der Waals surface area contributed by atoms with Crippen molar-refractivity contribution in [2.75, 3.05) is 16.3 Å². The van der Waals surface area contributed by atoms with Crippen molar-refractivity contribution in [2.45, 2.75) is 0 Å². The largest absolute Gasteiger partial charge is 0.319 e. The van der Waals surface area contributed by atoms with Crippen molar-refractivity contribution in [3.63, 3.8) is 0 Å². The zero-order valence-corrected chi connectivity index (χ0v) is 19.1. The third-order valence-corrected chi connectivity index (χ3v) is 6.55. The molecule has 0 saturated heterocycles. The summed E-state index contributed by atoms with van der Waals surface area (Å²) in [7, 11) is -3.70. The van der Waals surface area contributed by atoms with Gasteiger partial charge in [0.25, 0.3) is 5.91 Å². The Kier molecular flexibility index (Phi) is 6.08. The van der Waals surface area contributed by atoms with Crippen LogP contribution in [0.25, 0.3) is 21.2 Å². The Morgan fingerprint density at radius 1 is 0.970 bits per heavy atom. The third kappa shape index (κ3) is 4.97. The predicted octanol–water partition coefficient (Wildman–Crippen LogP) is 6.26. The van der Waals surface area contributed by atoms with Crippen LogP contribution in [0.3, 0.4) is 0 Å². The van der Waals surface area contributed by atoms with Crippen LogP contribution in [-0.2, 0) is 10.0 Å². The minimum absolute atomic E-state index is 0.118. The number of sulfonamides is 1. The molecule has 0 saturated carbocycles. The lowest BCUT2D eigenvalue weighted by Gasteiger charge is -2.10. The number of fused-ring (bicyclic) bond motifs is 1. The summed E-state index contributed by atoms with van der Waals surface area (Å²) in [5, 5.41) is 2.52. The number of nitrogens with one attached hydrogen (secondary N) is 2. The zero-order chi connectivity index (χ0) is 23.9. The van der Waals surface area contributed by atoms with E-state index in [1.165, 1.54) is 42.5 Å². The van der Waals surface area contributed by atoms with Gasteiger partial charge in [0.2, 0.25) is 10.0 Å². The molecule has 0 spiro atoms. The molecule has 0 fully saturated rings. The number of anilines is 2. The highest BCUT2D eigenvalue weighted by Gasteiger charge is 2.18. The lowest BCUT2D eigenvalue weighted by atomic mass is 10.0. The minimum atomic E-state index is -3.70. The van der Waals surface area contributed by atoms with E-state index in [0.29, 0.717) is 10.1 Å². The topological polar surface area (TPSA) is 75.3 Å². The van der Waals surface area contributed by atoms with Crippen LogP contribution in [0.1, 0.15) is 9.67 Å². The van der Waals surface area contributed by atoms with Crippen molar-refractivity contribution in [1.29, 1.82) is 0 Å². The number of rotatable bonds is 5. The Hall–Kier alpha value is -3.08. The standard InChI is InChI=1S/C22H14ClF3N2O3S2/c1-33(30,31)28-17-8-12-9-20(32-19(12)10-16(17)25)22(29)27-18-7-11(6-14(23)21(18)26)13-4-2-3-5-15(13)24/h2-10,28H,1H3,(H,27,29). The molecule has 1 amide bonds. The van der Waals surface area contributed by atoms with E-state index < -0.39 is 33.4 Å². The van der Waals surface area contributed by atoms with E-state index in [-0.39, 0.29) is 32.4 Å². The number of halogens is 4. The lowest BCUT2D eigenvalue weighted by Crippen LogP contribution is -2.11. The molecule has 33 heavy (non-hydrogen) atoms. The van der Waals surface area contributed by atoms with Gasteiger partial charge in [0.15, 0.2) is 5.82 Å². The molecule has 1 heterocycles. The van der Waals surface area contributed by atoms with Gasteiger partial charge >= 0.3 is 0 Å². The van der Waals surface area contributed by atoms with Crippen molar-refractivity contribution in [3.8, 4) is 11.1 Å². The number of hydrogen-bond acceptors (Lipinski definition) is 4. The summed E-state index contributed by atoms with van der Waals surface area (Å²) in [5.74, 6) is -2.94. The molecule has 0 aliphatic carbocycles. The second-order valence-electron chi connectivity index (χ2n) is 7.11. The van der Waals surface area contributed by atoms with E-state index in [0.717, 1.165) is 23.7 Å². The Labute approximate surface area is 195 Å². The number of thiophene rings is 1. The minimum Gasteiger partial charge on any atom is -0.319 e. The molecule has 0 radical (unpaired) electrons. The van der Waals surface area contributed by atoms with Crippen LogP contribution in [0.4, 0.5) is 24.5 Å². The van der Waals surface area contributed by atoms with Crippen LogP contribution in [0, 0.1) is 17.5 Å². The molecule has 0 aliphatic heterocycles. The molecule has 0 unspecified atom stereocenters. The van der Waals surface area contributed by atoms with Gasteiger partial charge in [-0.05, 0) is 47.3 Å². The van der Waals surface area contributed by atoms with Crippen molar-refractivity contribution in [3.05, 3.63) is 81.9 Å². The first kappa shape index (κ1) is 23.1. The average molecular weight is 511 g/mol. The summed E-state index contributed by atoms with van der Waals surface area (Å²) < 4.78 is 68.2. The molecule has 1 aromatic heterocycles. The monoisotopic (exact) mass is 510 g/mol. The summed E-state index contributed by atoms with van der Waals surface area (Å²) in [6, 6.07) is 12.1. The molecule has 0 aliphatic rings. The molecule has 2 N–H and O–H groups in total. The van der Waals surface area contributed by atoms with E-state index in [9.17, 15) is 26.4 Å². The lowest BCUT2D eigenvalue weighted by molar-refractivity contribution is 0.103. The highest BCUT2D eigenvalue weighted by Crippen LogP contribution is 2.34. The number of hydrogen-bond donors (Lipinski definition) is 2. The van der Waals surface area contributed by atoms with Gasteiger partial charge in [0, 0.05) is 10.3 Å². The van der Waals surface area contributed by atoms with E-state index in [4.69, 9.17) is 11.6 Å². The van der Waals surface area contributed by atoms with Gasteiger partial charge < -0.3 is 5.32 Å². The molecular formula is C22H14ClF3N2O3S2. The summed E-state index contributed by atoms with van der Waals surface area (Å²) in [4.78, 5) is 12.9. The maximum Gasteiger partial charge on any atom is 0.265 e. The Morgan fingerprint density at radius 2 is 1.70 bits per heavy atom. The van der Waals surface area contributed by atoms with Gasteiger partial charge in [-0.3, -0.25) is 9.52 Å². The third-order valence-electron chi connectivity index (χ3n) is 4.59. The van der Waals surface area contributed by atoms with E-state index >= 15 is 0 Å². The van der Waals surface area contributed by atoms with Gasteiger partial charge in [-0.15, -0.1) is 11.3 Å². The molecule has 3 aromatic carbocycles. The number of carbonyl (C=O) groups is 1. The van der Waals surface area contributed by atoms with E-state index in [2.05, 4.69) is 10.0 Å². The van der Waals surface area contributed by atoms with Crippen LogP contribution < -0.4 is 10.0 Å². The quantitative estimate of drug-likeness (QED) is 0.332. The molecule has 4 rings (SSSR count). The zero-order valence-electron chi connectivity index (χ0n) is 16.7. The summed E-state index contributed by atoms with van der Waals surface area (Å²) in [6.45, 7) is 0. The van der Waals surface area contributed by atoms with Gasteiger partial charge in [-0.2, -0.15) is 0 Å². The SMILES string of the molecule is CS(=O)(=O)Nc1cc2cc(C(=O)Nc3cc(-c4ccccc4F)cc(Cl)c3F)sc2cc1F. The fraction of sp³-hybridized carbons (Fsp3) is 0.0455. The first-order valence-electron chi connectivity index (χ1n) is 9.28. The van der Waals surface area contributed by atoms with Crippen molar-refractivity contribution in [2.24, 2.45) is 0 Å². The summed E-state index contributed by atoms with van der Waals surface area (Å²) in [6.07, 6.45) is 0.887. The van der Waals surface area contributed by atoms with Crippen molar-refractivity contribution >= 4 is 60.3 Å².